The van der Waals surface area contributed by atoms with Crippen molar-refractivity contribution in [1.29, 1.82) is 0 Å². The van der Waals surface area contributed by atoms with Crippen molar-refractivity contribution < 1.29 is 19.1 Å². The van der Waals surface area contributed by atoms with Crippen LogP contribution >= 0.6 is 0 Å². The molecule has 1 aromatic rings. The zero-order valence-electron chi connectivity index (χ0n) is 17.7. The average molecular weight is 401 g/mol. The number of hydrogen-bond donors (Lipinski definition) is 0. The molecule has 6 nitrogen and oxygen atoms in total. The summed E-state index contributed by atoms with van der Waals surface area (Å²) in [4.78, 5) is 30.4. The Kier molecular flexibility index (Phi) is 5.70. The van der Waals surface area contributed by atoms with Gasteiger partial charge in [-0.05, 0) is 49.7 Å². The molecule has 3 fully saturated rings. The van der Waals surface area contributed by atoms with Crippen LogP contribution in [0.4, 0.5) is 0 Å². The third-order valence-electron chi connectivity index (χ3n) is 7.00. The molecule has 0 saturated carbocycles. The zero-order valence-corrected chi connectivity index (χ0v) is 17.7. The van der Waals surface area contributed by atoms with Gasteiger partial charge in [0.2, 0.25) is 5.91 Å². The van der Waals surface area contributed by atoms with E-state index in [2.05, 4.69) is 11.8 Å². The van der Waals surface area contributed by atoms with E-state index in [1.807, 2.05) is 23.1 Å². The second-order valence-electron chi connectivity index (χ2n) is 8.62. The molecule has 2 amide bonds. The number of methoxy groups -OCH3 is 2. The Bertz CT molecular complexity index is 780. The molecule has 3 aliphatic heterocycles. The molecule has 4 atom stereocenters. The normalized spacial score (nSPS) is 28.7. The van der Waals surface area contributed by atoms with E-state index in [0.29, 0.717) is 54.3 Å². The predicted molar refractivity (Wildman–Crippen MR) is 110 cm³/mol. The van der Waals surface area contributed by atoms with E-state index >= 15 is 0 Å². The summed E-state index contributed by atoms with van der Waals surface area (Å²) < 4.78 is 10.9. The molecule has 0 spiro atoms. The van der Waals surface area contributed by atoms with Crippen LogP contribution < -0.4 is 9.47 Å². The molecule has 0 radical (unpaired) electrons. The van der Waals surface area contributed by atoms with Gasteiger partial charge in [0, 0.05) is 31.6 Å². The summed E-state index contributed by atoms with van der Waals surface area (Å²) in [6, 6.07) is 6.00. The summed E-state index contributed by atoms with van der Waals surface area (Å²) >= 11 is 0. The van der Waals surface area contributed by atoms with Gasteiger partial charge in [-0.3, -0.25) is 9.59 Å². The summed E-state index contributed by atoms with van der Waals surface area (Å²) in [6.07, 6.45) is 5.91. The van der Waals surface area contributed by atoms with Crippen molar-refractivity contribution in [2.75, 3.05) is 27.3 Å². The first-order valence-electron chi connectivity index (χ1n) is 10.9. The van der Waals surface area contributed by atoms with E-state index in [4.69, 9.17) is 9.47 Å². The molecule has 3 heterocycles. The molecule has 3 saturated heterocycles. The van der Waals surface area contributed by atoms with Crippen LogP contribution in [0.15, 0.2) is 18.2 Å². The fourth-order valence-electron chi connectivity index (χ4n) is 5.83. The number of piperidine rings is 3. The first kappa shape index (κ1) is 20.0. The van der Waals surface area contributed by atoms with Crippen molar-refractivity contribution in [1.82, 2.24) is 9.80 Å². The molecule has 4 rings (SSSR count). The lowest BCUT2D eigenvalue weighted by atomic mass is 9.71. The number of amides is 2. The lowest BCUT2D eigenvalue weighted by Crippen LogP contribution is -2.65. The van der Waals surface area contributed by atoms with Gasteiger partial charge < -0.3 is 19.3 Å². The summed E-state index contributed by atoms with van der Waals surface area (Å²) in [6.45, 7) is 3.60. The molecule has 29 heavy (non-hydrogen) atoms. The number of nitrogens with zero attached hydrogens (tertiary/aromatic N) is 2. The van der Waals surface area contributed by atoms with Gasteiger partial charge in [-0.25, -0.2) is 0 Å². The number of likely N-dealkylation sites (tertiary alicyclic amines) is 1. The molecular weight excluding hydrogens is 368 g/mol. The molecule has 3 aliphatic rings. The SMILES string of the molecule is CCC[C@H]1[C@H]2C[C@H](CN(C(=O)c3cccc(OC)c3OC)C2)[C@@H]2CCCC(=O)N21. The van der Waals surface area contributed by atoms with Crippen molar-refractivity contribution in [3.63, 3.8) is 0 Å². The maximum absolute atomic E-state index is 13.5. The summed E-state index contributed by atoms with van der Waals surface area (Å²) in [5.74, 6) is 2.11. The summed E-state index contributed by atoms with van der Waals surface area (Å²) in [5.41, 5.74) is 0.551. The number of carbonyl (C=O) groups is 2. The molecule has 0 unspecified atom stereocenters. The van der Waals surface area contributed by atoms with E-state index in [1.54, 1.807) is 14.2 Å². The minimum Gasteiger partial charge on any atom is -0.493 e. The lowest BCUT2D eigenvalue weighted by molar-refractivity contribution is -0.152. The first-order valence-corrected chi connectivity index (χ1v) is 10.9. The van der Waals surface area contributed by atoms with Gasteiger partial charge >= 0.3 is 0 Å². The van der Waals surface area contributed by atoms with Gasteiger partial charge in [-0.1, -0.05) is 19.4 Å². The number of rotatable bonds is 5. The largest absolute Gasteiger partial charge is 0.493 e. The van der Waals surface area contributed by atoms with E-state index in [1.165, 1.54) is 0 Å². The van der Waals surface area contributed by atoms with Crippen LogP contribution in [0.2, 0.25) is 0 Å². The minimum absolute atomic E-state index is 0.00119. The molecule has 6 heteroatoms. The molecule has 0 aliphatic carbocycles. The van der Waals surface area contributed by atoms with Crippen LogP contribution in [0, 0.1) is 11.8 Å². The molecule has 0 aromatic heterocycles. The van der Waals surface area contributed by atoms with Crippen molar-refractivity contribution >= 4 is 11.8 Å². The highest BCUT2D eigenvalue weighted by Gasteiger charge is 2.49. The average Bonchev–Trinajstić information content (AvgIpc) is 2.75. The minimum atomic E-state index is 0.00119. The van der Waals surface area contributed by atoms with Gasteiger partial charge in [0.05, 0.1) is 19.8 Å². The molecular formula is C23H32N2O4. The highest BCUT2D eigenvalue weighted by molar-refractivity contribution is 5.98. The first-order chi connectivity index (χ1) is 14.1. The molecule has 2 bridgehead atoms. The van der Waals surface area contributed by atoms with Crippen LogP contribution in [0.3, 0.4) is 0 Å². The van der Waals surface area contributed by atoms with Crippen LogP contribution in [-0.2, 0) is 4.79 Å². The second kappa shape index (κ2) is 8.25. The van der Waals surface area contributed by atoms with Crippen LogP contribution in [0.1, 0.15) is 55.8 Å². The van der Waals surface area contributed by atoms with Gasteiger partial charge in [0.25, 0.3) is 5.91 Å². The quantitative estimate of drug-likeness (QED) is 0.761. The Labute approximate surface area is 173 Å². The van der Waals surface area contributed by atoms with Gasteiger partial charge in [-0.2, -0.15) is 0 Å². The molecule has 0 N–H and O–H groups in total. The summed E-state index contributed by atoms with van der Waals surface area (Å²) in [7, 11) is 3.16. The van der Waals surface area contributed by atoms with Crippen LogP contribution in [-0.4, -0.2) is 61.0 Å². The van der Waals surface area contributed by atoms with Crippen LogP contribution in [0.5, 0.6) is 11.5 Å². The Morgan fingerprint density at radius 2 is 1.97 bits per heavy atom. The second-order valence-corrected chi connectivity index (χ2v) is 8.62. The lowest BCUT2D eigenvalue weighted by Gasteiger charge is -2.56. The molecule has 158 valence electrons. The number of carbonyl (C=O) groups excluding carboxylic acids is 2. The van der Waals surface area contributed by atoms with Gasteiger partial charge in [0.1, 0.15) is 0 Å². The highest BCUT2D eigenvalue weighted by atomic mass is 16.5. The summed E-state index contributed by atoms with van der Waals surface area (Å²) in [5, 5.41) is 0. The Morgan fingerprint density at radius 1 is 1.17 bits per heavy atom. The van der Waals surface area contributed by atoms with Crippen molar-refractivity contribution in [3.8, 4) is 11.5 Å². The number of para-hydroxylation sites is 1. The van der Waals surface area contributed by atoms with E-state index in [-0.39, 0.29) is 18.0 Å². The Hall–Kier alpha value is -2.24. The standard InChI is InChI=1S/C23H32N2O4/c1-4-7-18-15-12-16(19-9-6-11-21(26)25(18)19)14-24(13-15)23(27)17-8-5-10-20(28-2)22(17)29-3/h5,8,10,15-16,18-19H,4,6-7,9,11-14H2,1-3H3/t15-,16+,18-,19-/m0/s1. The third kappa shape index (κ3) is 3.47. The number of fused-ring (bicyclic) bond motifs is 4. The number of ether oxygens (including phenoxy) is 2. The molecule has 1 aromatic carbocycles. The van der Waals surface area contributed by atoms with Crippen molar-refractivity contribution in [2.45, 2.75) is 57.5 Å². The van der Waals surface area contributed by atoms with Gasteiger partial charge in [-0.15, -0.1) is 0 Å². The van der Waals surface area contributed by atoms with E-state index in [9.17, 15) is 9.59 Å². The Morgan fingerprint density at radius 3 is 2.69 bits per heavy atom. The van der Waals surface area contributed by atoms with Crippen LogP contribution in [0.25, 0.3) is 0 Å². The Balaban J connectivity index is 1.62. The highest BCUT2D eigenvalue weighted by Crippen LogP contribution is 2.43. The smallest absolute Gasteiger partial charge is 0.257 e. The monoisotopic (exact) mass is 400 g/mol. The topological polar surface area (TPSA) is 59.1 Å². The zero-order chi connectivity index (χ0) is 20.5. The predicted octanol–water partition coefficient (Wildman–Crippen LogP) is 3.35. The van der Waals surface area contributed by atoms with E-state index < -0.39 is 0 Å². The number of benzene rings is 1. The number of hydrogen-bond acceptors (Lipinski definition) is 4. The fourth-order valence-corrected chi connectivity index (χ4v) is 5.83. The van der Waals surface area contributed by atoms with Gasteiger partial charge in [0.15, 0.2) is 11.5 Å². The van der Waals surface area contributed by atoms with Crippen molar-refractivity contribution in [2.24, 2.45) is 11.8 Å². The van der Waals surface area contributed by atoms with Crippen molar-refractivity contribution in [3.05, 3.63) is 23.8 Å². The maximum Gasteiger partial charge on any atom is 0.257 e. The third-order valence-corrected chi connectivity index (χ3v) is 7.00. The maximum atomic E-state index is 13.5. The van der Waals surface area contributed by atoms with E-state index in [0.717, 1.165) is 32.1 Å². The fraction of sp³-hybridized carbons (Fsp3) is 0.652.